The zero-order valence-corrected chi connectivity index (χ0v) is 19.7. The highest BCUT2D eigenvalue weighted by Crippen LogP contribution is 2.41. The minimum absolute atomic E-state index is 0.0583. The second-order valence-corrected chi connectivity index (χ2v) is 10.6. The van der Waals surface area contributed by atoms with Crippen molar-refractivity contribution in [3.05, 3.63) is 16.7 Å². The van der Waals surface area contributed by atoms with Crippen molar-refractivity contribution in [3.63, 3.8) is 0 Å². The number of carbonyl (C=O) groups is 1. The number of aromatic nitrogens is 3. The van der Waals surface area contributed by atoms with Gasteiger partial charge in [-0.3, -0.25) is 9.80 Å². The van der Waals surface area contributed by atoms with Gasteiger partial charge in [-0.2, -0.15) is 9.97 Å². The van der Waals surface area contributed by atoms with Crippen LogP contribution in [0.1, 0.15) is 32.1 Å². The van der Waals surface area contributed by atoms with E-state index in [0.29, 0.717) is 49.5 Å². The third-order valence-electron chi connectivity index (χ3n) is 7.70. The van der Waals surface area contributed by atoms with E-state index in [1.165, 1.54) is 0 Å². The number of rotatable bonds is 4. The molecule has 0 radical (unpaired) electrons. The maximum atomic E-state index is 14.1. The summed E-state index contributed by atoms with van der Waals surface area (Å²) in [6.07, 6.45) is 4.19. The largest absolute Gasteiger partial charge is 0.465 e. The molecule has 4 saturated heterocycles. The number of fused-ring (bicyclic) bond motifs is 4. The van der Waals surface area contributed by atoms with Crippen LogP contribution in [0.25, 0.3) is 11.0 Å². The molecule has 0 spiro atoms. The highest BCUT2D eigenvalue weighted by molar-refractivity contribution is 9.10. The lowest BCUT2D eigenvalue weighted by atomic mass is 9.95. The predicted molar refractivity (Wildman–Crippen MR) is 122 cm³/mol. The summed E-state index contributed by atoms with van der Waals surface area (Å²) < 4.78 is 21.1. The number of pyridine rings is 1. The molecule has 4 fully saturated rings. The molecule has 2 aromatic rings. The van der Waals surface area contributed by atoms with Crippen molar-refractivity contribution in [2.45, 2.75) is 55.9 Å². The van der Waals surface area contributed by atoms with Gasteiger partial charge in [-0.05, 0) is 54.2 Å². The molecule has 4 aliphatic rings. The standard InChI is InChI=1S/C22H26BrFN6O3/c23-13-6-17-18(25-8-13)19(28-10-15-2-3-16(11-28)30(15)21(31)32)27-20(26-17)33-12-22-4-1-5-29(22)9-14(24)7-22/h6,8,14-16H,1-5,7,9-12H2,(H,31,32)/t14-,15-,16+,22+/m1/s1. The van der Waals surface area contributed by atoms with Crippen LogP contribution < -0.4 is 9.64 Å². The zero-order chi connectivity index (χ0) is 22.7. The fraction of sp³-hybridized carbons (Fsp3) is 0.636. The third-order valence-corrected chi connectivity index (χ3v) is 8.13. The summed E-state index contributed by atoms with van der Waals surface area (Å²) in [4.78, 5) is 31.5. The molecule has 6 rings (SSSR count). The number of ether oxygens (including phenoxy) is 1. The molecule has 4 aliphatic heterocycles. The summed E-state index contributed by atoms with van der Waals surface area (Å²) in [6.45, 7) is 2.86. The molecular formula is C22H26BrFN6O3. The van der Waals surface area contributed by atoms with Gasteiger partial charge in [0.15, 0.2) is 5.82 Å². The number of carboxylic acid groups (broad SMARTS) is 1. The first-order valence-electron chi connectivity index (χ1n) is 11.5. The van der Waals surface area contributed by atoms with E-state index in [4.69, 9.17) is 9.72 Å². The van der Waals surface area contributed by atoms with Crippen molar-refractivity contribution in [1.82, 2.24) is 24.8 Å². The first-order chi connectivity index (χ1) is 15.9. The summed E-state index contributed by atoms with van der Waals surface area (Å²) in [5, 5.41) is 9.60. The Bertz CT molecular complexity index is 1090. The van der Waals surface area contributed by atoms with Gasteiger partial charge < -0.3 is 14.7 Å². The molecule has 33 heavy (non-hydrogen) atoms. The minimum Gasteiger partial charge on any atom is -0.465 e. The fourth-order valence-electron chi connectivity index (χ4n) is 6.28. The molecule has 0 unspecified atom stereocenters. The number of anilines is 1. The van der Waals surface area contributed by atoms with Gasteiger partial charge in [-0.15, -0.1) is 0 Å². The monoisotopic (exact) mass is 520 g/mol. The van der Waals surface area contributed by atoms with Gasteiger partial charge in [0.25, 0.3) is 0 Å². The molecule has 2 bridgehead atoms. The maximum Gasteiger partial charge on any atom is 0.407 e. The summed E-state index contributed by atoms with van der Waals surface area (Å²) in [5.41, 5.74) is 1.05. The van der Waals surface area contributed by atoms with Gasteiger partial charge in [0, 0.05) is 36.7 Å². The average Bonchev–Trinajstić information content (AvgIpc) is 3.39. The maximum absolute atomic E-state index is 14.1. The second-order valence-electron chi connectivity index (χ2n) is 9.69. The molecule has 4 atom stereocenters. The van der Waals surface area contributed by atoms with E-state index in [1.807, 2.05) is 6.07 Å². The normalized spacial score (nSPS) is 31.4. The zero-order valence-electron chi connectivity index (χ0n) is 18.2. The highest BCUT2D eigenvalue weighted by atomic mass is 79.9. The number of hydrogen-bond acceptors (Lipinski definition) is 7. The Kier molecular flexibility index (Phi) is 5.09. The smallest absolute Gasteiger partial charge is 0.407 e. The highest BCUT2D eigenvalue weighted by Gasteiger charge is 2.49. The van der Waals surface area contributed by atoms with Crippen molar-refractivity contribution in [2.24, 2.45) is 0 Å². The Labute approximate surface area is 199 Å². The number of piperazine rings is 1. The lowest BCUT2D eigenvalue weighted by molar-refractivity contribution is 0.107. The van der Waals surface area contributed by atoms with Gasteiger partial charge in [0.05, 0.1) is 23.1 Å². The Morgan fingerprint density at radius 3 is 2.82 bits per heavy atom. The van der Waals surface area contributed by atoms with Crippen molar-refractivity contribution < 1.29 is 19.0 Å². The first-order valence-corrected chi connectivity index (χ1v) is 12.3. The molecule has 9 nitrogen and oxygen atoms in total. The van der Waals surface area contributed by atoms with Crippen LogP contribution in [0.5, 0.6) is 6.01 Å². The Morgan fingerprint density at radius 2 is 2.06 bits per heavy atom. The van der Waals surface area contributed by atoms with Crippen LogP contribution in [0, 0.1) is 0 Å². The number of nitrogens with zero attached hydrogens (tertiary/aromatic N) is 6. The second kappa shape index (κ2) is 7.90. The first kappa shape index (κ1) is 21.3. The predicted octanol–water partition coefficient (Wildman–Crippen LogP) is 3.07. The fourth-order valence-corrected chi connectivity index (χ4v) is 6.60. The van der Waals surface area contributed by atoms with Gasteiger partial charge in [0.2, 0.25) is 0 Å². The van der Waals surface area contributed by atoms with E-state index >= 15 is 0 Å². The van der Waals surface area contributed by atoms with Crippen LogP contribution in [0.3, 0.4) is 0 Å². The molecule has 176 valence electrons. The molecule has 0 saturated carbocycles. The van der Waals surface area contributed by atoms with Crippen LogP contribution in [0.15, 0.2) is 16.7 Å². The topological polar surface area (TPSA) is 94.9 Å². The summed E-state index contributed by atoms with van der Waals surface area (Å²) in [5.74, 6) is 0.667. The van der Waals surface area contributed by atoms with E-state index in [9.17, 15) is 14.3 Å². The van der Waals surface area contributed by atoms with Crippen molar-refractivity contribution in [1.29, 1.82) is 0 Å². The molecule has 11 heteroatoms. The Hall–Kier alpha value is -2.27. The minimum atomic E-state index is -0.858. The van der Waals surface area contributed by atoms with Crippen LogP contribution in [0.2, 0.25) is 0 Å². The van der Waals surface area contributed by atoms with E-state index in [2.05, 4.69) is 35.7 Å². The van der Waals surface area contributed by atoms with Crippen molar-refractivity contribution in [2.75, 3.05) is 37.7 Å². The summed E-state index contributed by atoms with van der Waals surface area (Å²) in [6, 6.07) is 2.03. The van der Waals surface area contributed by atoms with E-state index < -0.39 is 12.3 Å². The molecule has 1 amide bonds. The number of hydrogen-bond donors (Lipinski definition) is 1. The van der Waals surface area contributed by atoms with Gasteiger partial charge in [-0.1, -0.05) is 0 Å². The molecule has 0 aliphatic carbocycles. The molecule has 2 aromatic heterocycles. The molecule has 1 N–H and O–H groups in total. The van der Waals surface area contributed by atoms with Crippen LogP contribution in [-0.2, 0) is 0 Å². The SMILES string of the molecule is O=C(O)N1[C@@H]2CC[C@H]1CN(c1nc(OC[C@@]34CCCN3C[C@H](F)C4)nc3cc(Br)cnc13)C2. The van der Waals surface area contributed by atoms with Crippen molar-refractivity contribution >= 4 is 38.9 Å². The molecular weight excluding hydrogens is 495 g/mol. The van der Waals surface area contributed by atoms with Crippen LogP contribution >= 0.6 is 15.9 Å². The van der Waals surface area contributed by atoms with Gasteiger partial charge in [-0.25, -0.2) is 14.2 Å². The quantitative estimate of drug-likeness (QED) is 0.657. The van der Waals surface area contributed by atoms with Crippen molar-refractivity contribution in [3.8, 4) is 6.01 Å². The lowest BCUT2D eigenvalue weighted by Crippen LogP contribution is -2.55. The number of alkyl halides is 1. The van der Waals surface area contributed by atoms with E-state index in [-0.39, 0.29) is 23.6 Å². The van der Waals surface area contributed by atoms with Gasteiger partial charge in [0.1, 0.15) is 18.3 Å². The van der Waals surface area contributed by atoms with E-state index in [0.717, 1.165) is 36.7 Å². The lowest BCUT2D eigenvalue weighted by Gasteiger charge is -2.40. The Balaban J connectivity index is 1.31. The van der Waals surface area contributed by atoms with E-state index in [1.54, 1.807) is 11.1 Å². The Morgan fingerprint density at radius 1 is 1.27 bits per heavy atom. The summed E-state index contributed by atoms with van der Waals surface area (Å²) in [7, 11) is 0. The average molecular weight is 521 g/mol. The van der Waals surface area contributed by atoms with Crippen LogP contribution in [-0.4, -0.2) is 92.5 Å². The third kappa shape index (κ3) is 3.60. The number of halogens is 2. The molecule has 0 aromatic carbocycles. The number of amides is 1. The van der Waals surface area contributed by atoms with Gasteiger partial charge >= 0.3 is 12.1 Å². The summed E-state index contributed by atoms with van der Waals surface area (Å²) >= 11 is 3.47. The molecule has 6 heterocycles. The van der Waals surface area contributed by atoms with Crippen LogP contribution in [0.4, 0.5) is 15.0 Å².